The molecule has 122 valence electrons. The number of rotatable bonds is 2. The van der Waals surface area contributed by atoms with Crippen LogP contribution in [-0.2, 0) is 20.7 Å². The van der Waals surface area contributed by atoms with Crippen LogP contribution in [0.5, 0.6) is 0 Å². The topological polar surface area (TPSA) is 173 Å². The molecule has 0 radical (unpaired) electrons. The second kappa shape index (κ2) is 10.5. The summed E-state index contributed by atoms with van der Waals surface area (Å²) in [6.07, 6.45) is -2.86. The van der Waals surface area contributed by atoms with Crippen molar-refractivity contribution in [2.75, 3.05) is 6.61 Å². The minimum absolute atomic E-state index is 0.106. The molecule has 12 heteroatoms. The van der Waals surface area contributed by atoms with Gasteiger partial charge in [-0.1, -0.05) is 0 Å². The molecule has 0 spiro atoms. The molecule has 0 aliphatic carbocycles. The number of guanidine groups is 2. The van der Waals surface area contributed by atoms with E-state index in [1.54, 1.807) is 0 Å². The summed E-state index contributed by atoms with van der Waals surface area (Å²) >= 11 is -0.106. The molecule has 9 N–H and O–H groups in total. The standard InChI is InChI=1S/C8H17N5O4.2ClH.Pd/c9-7(10)13-8(11)12-5-4(15)1-3(2-14)17-6(5)16;;;/h3-6,14-16H,1-2H2,(H6,9,10,11,12,13);2*1H;/q;;;+2/p-2/t3-,4-,5+,6+;;;/m0.../s1. The van der Waals surface area contributed by atoms with E-state index in [1.807, 2.05) is 0 Å². The third kappa shape index (κ3) is 7.56. The normalized spacial score (nSPS) is 30.4. The third-order valence-corrected chi connectivity index (χ3v) is 2.25. The van der Waals surface area contributed by atoms with Crippen molar-refractivity contribution >= 4 is 31.0 Å². The van der Waals surface area contributed by atoms with Crippen LogP contribution in [0.3, 0.4) is 0 Å². The zero-order valence-corrected chi connectivity index (χ0v) is 13.2. The van der Waals surface area contributed by atoms with Crippen molar-refractivity contribution in [3.05, 3.63) is 0 Å². The van der Waals surface area contributed by atoms with Gasteiger partial charge in [-0.15, -0.1) is 0 Å². The first-order valence-electron chi connectivity index (χ1n) is 5.23. The van der Waals surface area contributed by atoms with Crippen molar-refractivity contribution in [3.63, 3.8) is 0 Å². The van der Waals surface area contributed by atoms with E-state index in [1.165, 1.54) is 0 Å². The molecule has 1 saturated heterocycles. The van der Waals surface area contributed by atoms with Gasteiger partial charge in [-0.2, -0.15) is 4.99 Å². The molecule has 9 nitrogen and oxygen atoms in total. The fourth-order valence-electron chi connectivity index (χ4n) is 1.51. The monoisotopic (exact) mass is 423 g/mol. The Morgan fingerprint density at radius 2 is 1.85 bits per heavy atom. The van der Waals surface area contributed by atoms with E-state index in [2.05, 4.69) is 9.98 Å². The summed E-state index contributed by atoms with van der Waals surface area (Å²) in [5, 5.41) is 28.1. The SMILES string of the molecule is NC(N)=NC(N)=N[C@H]1[C@H](O)O[C@H](CO)C[C@@H]1O.[Cl][Pd][Cl]. The van der Waals surface area contributed by atoms with Gasteiger partial charge in [-0.25, -0.2) is 4.99 Å². The van der Waals surface area contributed by atoms with Crippen LogP contribution >= 0.6 is 19.1 Å². The maximum atomic E-state index is 9.70. The van der Waals surface area contributed by atoms with E-state index < -0.39 is 24.5 Å². The summed E-state index contributed by atoms with van der Waals surface area (Å²) in [6.45, 7) is -0.298. The number of hydrogen-bond donors (Lipinski definition) is 6. The number of halogens is 2. The van der Waals surface area contributed by atoms with Gasteiger partial charge in [-0.3, -0.25) is 0 Å². The Bertz CT molecular complexity index is 333. The second-order valence-corrected chi connectivity index (χ2v) is 6.05. The molecule has 20 heavy (non-hydrogen) atoms. The zero-order chi connectivity index (χ0) is 15.7. The molecule has 1 heterocycles. The van der Waals surface area contributed by atoms with Crippen LogP contribution < -0.4 is 17.2 Å². The van der Waals surface area contributed by atoms with Gasteiger partial charge >= 0.3 is 35.0 Å². The molecule has 0 bridgehead atoms. The molecule has 0 unspecified atom stereocenters. The predicted octanol–water partition coefficient (Wildman–Crippen LogP) is -2.22. The Labute approximate surface area is 131 Å². The number of hydrogen-bond acceptors (Lipinski definition) is 5. The summed E-state index contributed by atoms with van der Waals surface area (Å²) in [5.74, 6) is -0.542. The van der Waals surface area contributed by atoms with Crippen molar-refractivity contribution in [1.29, 1.82) is 0 Å². The predicted molar refractivity (Wildman–Crippen MR) is 71.5 cm³/mol. The van der Waals surface area contributed by atoms with Crippen molar-refractivity contribution < 1.29 is 36.0 Å². The molecular weight excluding hydrogens is 407 g/mol. The first kappa shape index (κ1) is 19.8. The van der Waals surface area contributed by atoms with Crippen LogP contribution in [0.1, 0.15) is 6.42 Å². The first-order chi connectivity index (χ1) is 9.35. The maximum absolute atomic E-state index is 9.70. The van der Waals surface area contributed by atoms with Gasteiger partial charge in [0.1, 0.15) is 6.04 Å². The molecular formula is C8H17Cl2N5O4Pd. The Kier molecular flexibility index (Phi) is 10.4. The van der Waals surface area contributed by atoms with Crippen molar-refractivity contribution in [1.82, 2.24) is 0 Å². The molecule has 1 fully saturated rings. The van der Waals surface area contributed by atoms with Gasteiger partial charge in [-0.05, 0) is 0 Å². The quantitative estimate of drug-likeness (QED) is 0.165. The van der Waals surface area contributed by atoms with Gasteiger partial charge in [0, 0.05) is 6.42 Å². The van der Waals surface area contributed by atoms with E-state index in [0.29, 0.717) is 0 Å². The Balaban J connectivity index is 0.00000110. The average molecular weight is 425 g/mol. The Hall–Kier alpha value is -0.178. The van der Waals surface area contributed by atoms with Crippen LogP contribution in [0.25, 0.3) is 0 Å². The van der Waals surface area contributed by atoms with Gasteiger partial charge < -0.3 is 37.3 Å². The summed E-state index contributed by atoms with van der Waals surface area (Å²) in [6, 6.07) is -0.985. The van der Waals surface area contributed by atoms with E-state index in [-0.39, 0.29) is 40.9 Å². The zero-order valence-electron chi connectivity index (χ0n) is 10.2. The van der Waals surface area contributed by atoms with Crippen molar-refractivity contribution in [2.45, 2.75) is 31.0 Å². The second-order valence-electron chi connectivity index (χ2n) is 3.69. The van der Waals surface area contributed by atoms with E-state index >= 15 is 0 Å². The molecule has 4 atom stereocenters. The van der Waals surface area contributed by atoms with Crippen LogP contribution in [0.15, 0.2) is 9.98 Å². The fraction of sp³-hybridized carbons (Fsp3) is 0.750. The number of nitrogens with two attached hydrogens (primary N) is 3. The van der Waals surface area contributed by atoms with E-state index in [4.69, 9.17) is 46.1 Å². The molecule has 1 rings (SSSR count). The average Bonchev–Trinajstić information content (AvgIpc) is 2.33. The molecule has 1 aliphatic rings. The Morgan fingerprint density at radius 1 is 1.30 bits per heavy atom. The number of aliphatic imine (C=N–C) groups is 2. The third-order valence-electron chi connectivity index (χ3n) is 2.25. The van der Waals surface area contributed by atoms with Crippen LogP contribution in [-0.4, -0.2) is 58.4 Å². The molecule has 0 saturated carbocycles. The minimum atomic E-state index is -1.37. The molecule has 1 aliphatic heterocycles. The summed E-state index contributed by atoms with van der Waals surface area (Å²) in [7, 11) is 9.63. The molecule has 0 aromatic heterocycles. The molecule has 0 amide bonds. The number of ether oxygens (including phenoxy) is 1. The van der Waals surface area contributed by atoms with Gasteiger partial charge in [0.25, 0.3) is 0 Å². The number of aliphatic hydroxyl groups is 3. The molecule has 0 aromatic carbocycles. The number of nitrogens with zero attached hydrogens (tertiary/aromatic N) is 2. The fourth-order valence-corrected chi connectivity index (χ4v) is 1.51. The summed E-state index contributed by atoms with van der Waals surface area (Å²) < 4.78 is 5.00. The van der Waals surface area contributed by atoms with Crippen LogP contribution in [0, 0.1) is 0 Å². The van der Waals surface area contributed by atoms with Gasteiger partial charge in [0.2, 0.25) is 5.96 Å². The van der Waals surface area contributed by atoms with E-state index in [9.17, 15) is 10.2 Å². The van der Waals surface area contributed by atoms with Crippen molar-refractivity contribution in [2.24, 2.45) is 27.2 Å². The van der Waals surface area contributed by atoms with Gasteiger partial charge in [0.05, 0.1) is 18.8 Å². The van der Waals surface area contributed by atoms with Crippen LogP contribution in [0.4, 0.5) is 0 Å². The number of aliphatic hydroxyl groups excluding tert-OH is 3. The van der Waals surface area contributed by atoms with Crippen molar-refractivity contribution in [3.8, 4) is 0 Å². The first-order valence-corrected chi connectivity index (χ1v) is 9.23. The molecule has 0 aromatic rings. The summed E-state index contributed by atoms with van der Waals surface area (Å²) in [5.41, 5.74) is 15.6. The van der Waals surface area contributed by atoms with Crippen LogP contribution in [0.2, 0.25) is 0 Å². The van der Waals surface area contributed by atoms with E-state index in [0.717, 1.165) is 0 Å². The van der Waals surface area contributed by atoms with Gasteiger partial charge in [0.15, 0.2) is 12.2 Å². The Morgan fingerprint density at radius 3 is 2.25 bits per heavy atom. The summed E-state index contributed by atoms with van der Waals surface area (Å²) in [4.78, 5) is 7.20.